The van der Waals surface area contributed by atoms with Crippen molar-refractivity contribution in [2.24, 2.45) is 5.92 Å². The largest absolute Gasteiger partial charge is 0.458 e. The predicted molar refractivity (Wildman–Crippen MR) is 106 cm³/mol. The average Bonchev–Trinajstić information content (AvgIpc) is 3.38. The zero-order valence-corrected chi connectivity index (χ0v) is 16.7. The summed E-state index contributed by atoms with van der Waals surface area (Å²) in [5, 5.41) is 10.5. The number of nitrogens with zero attached hydrogens (tertiary/aromatic N) is 1. The van der Waals surface area contributed by atoms with Crippen molar-refractivity contribution < 1.29 is 18.8 Å². The van der Waals surface area contributed by atoms with E-state index < -0.39 is 6.04 Å². The molecule has 2 heterocycles. The van der Waals surface area contributed by atoms with Crippen LogP contribution >= 0.6 is 11.3 Å². The van der Waals surface area contributed by atoms with Gasteiger partial charge in [0.15, 0.2) is 10.9 Å². The molecule has 1 aliphatic rings. The predicted octanol–water partition coefficient (Wildman–Crippen LogP) is 2.67. The van der Waals surface area contributed by atoms with E-state index in [-0.39, 0.29) is 23.6 Å². The van der Waals surface area contributed by atoms with Crippen LogP contribution in [0.15, 0.2) is 21.9 Å². The lowest BCUT2D eigenvalue weighted by molar-refractivity contribution is -0.126. The fourth-order valence-electron chi connectivity index (χ4n) is 3.36. The number of carbonyl (C=O) groups excluding carboxylic acids is 3. The molecule has 1 unspecified atom stereocenters. The number of thiazole rings is 1. The second kappa shape index (κ2) is 9.01. The van der Waals surface area contributed by atoms with Crippen LogP contribution in [0.5, 0.6) is 0 Å². The van der Waals surface area contributed by atoms with E-state index in [1.807, 2.05) is 0 Å². The number of amides is 3. The second-order valence-corrected chi connectivity index (χ2v) is 7.78. The number of rotatable bonds is 7. The first kappa shape index (κ1) is 20.1. The Hall–Kier alpha value is -2.68. The van der Waals surface area contributed by atoms with Crippen molar-refractivity contribution in [1.29, 1.82) is 0 Å². The average molecular weight is 404 g/mol. The zero-order chi connectivity index (χ0) is 20.1. The number of hydrogen-bond donors (Lipinski definition) is 3. The van der Waals surface area contributed by atoms with Crippen LogP contribution in [0.3, 0.4) is 0 Å². The molecule has 150 valence electrons. The molecule has 9 heteroatoms. The van der Waals surface area contributed by atoms with Crippen molar-refractivity contribution in [3.8, 4) is 11.5 Å². The van der Waals surface area contributed by atoms with Gasteiger partial charge < -0.3 is 20.4 Å². The Bertz CT molecular complexity index is 854. The minimum Gasteiger partial charge on any atom is -0.458 e. The van der Waals surface area contributed by atoms with Crippen LogP contribution in [-0.2, 0) is 20.9 Å². The zero-order valence-electron chi connectivity index (χ0n) is 15.9. The third-order valence-corrected chi connectivity index (χ3v) is 5.43. The Labute approximate surface area is 167 Å². The van der Waals surface area contributed by atoms with Gasteiger partial charge in [-0.15, -0.1) is 11.3 Å². The molecule has 1 atom stereocenters. The molecule has 3 rings (SSSR count). The van der Waals surface area contributed by atoms with Crippen LogP contribution < -0.4 is 16.0 Å². The van der Waals surface area contributed by atoms with Crippen molar-refractivity contribution in [1.82, 2.24) is 15.6 Å². The third-order valence-electron chi connectivity index (χ3n) is 4.67. The van der Waals surface area contributed by atoms with Crippen molar-refractivity contribution in [3.05, 3.63) is 23.3 Å². The standard InChI is InChI=1S/C19H24N4O4S/c1-11(24)20-9-14-7-8-16(27-14)15-10-28-19(22-15)23-18(26)17(21-12(2)25)13-5-3-4-6-13/h7-8,10,13,17H,3-6,9H2,1-2H3,(H,20,24)(H,21,25)(H,22,23,26). The summed E-state index contributed by atoms with van der Waals surface area (Å²) in [5.41, 5.74) is 0.603. The van der Waals surface area contributed by atoms with E-state index in [0.717, 1.165) is 25.7 Å². The smallest absolute Gasteiger partial charge is 0.249 e. The summed E-state index contributed by atoms with van der Waals surface area (Å²) in [6.45, 7) is 3.17. The molecular formula is C19H24N4O4S. The summed E-state index contributed by atoms with van der Waals surface area (Å²) in [7, 11) is 0. The summed E-state index contributed by atoms with van der Waals surface area (Å²) in [5.74, 6) is 0.752. The lowest BCUT2D eigenvalue weighted by Gasteiger charge is -2.22. The van der Waals surface area contributed by atoms with E-state index in [0.29, 0.717) is 28.9 Å². The van der Waals surface area contributed by atoms with Gasteiger partial charge in [0.05, 0.1) is 6.54 Å². The third kappa shape index (κ3) is 5.19. The van der Waals surface area contributed by atoms with Crippen molar-refractivity contribution in [2.45, 2.75) is 52.1 Å². The Kier molecular flexibility index (Phi) is 6.45. The number of hydrogen-bond acceptors (Lipinski definition) is 6. The molecule has 0 spiro atoms. The van der Waals surface area contributed by atoms with Gasteiger partial charge >= 0.3 is 0 Å². The first-order chi connectivity index (χ1) is 13.4. The number of aromatic nitrogens is 1. The fourth-order valence-corrected chi connectivity index (χ4v) is 4.06. The second-order valence-electron chi connectivity index (χ2n) is 6.93. The fraction of sp³-hybridized carbons (Fsp3) is 0.474. The molecule has 8 nitrogen and oxygen atoms in total. The molecule has 0 radical (unpaired) electrons. The van der Waals surface area contributed by atoms with Crippen LogP contribution in [0, 0.1) is 5.92 Å². The van der Waals surface area contributed by atoms with E-state index in [1.165, 1.54) is 25.2 Å². The number of anilines is 1. The summed E-state index contributed by atoms with van der Waals surface area (Å²) >= 11 is 1.29. The van der Waals surface area contributed by atoms with Crippen LogP contribution in [-0.4, -0.2) is 28.7 Å². The Morgan fingerprint density at radius 2 is 1.96 bits per heavy atom. The van der Waals surface area contributed by atoms with Gasteiger partial charge in [0, 0.05) is 19.2 Å². The highest BCUT2D eigenvalue weighted by Crippen LogP contribution is 2.30. The molecule has 2 aromatic heterocycles. The summed E-state index contributed by atoms with van der Waals surface area (Å²) in [6.07, 6.45) is 4.03. The summed E-state index contributed by atoms with van der Waals surface area (Å²) in [6, 6.07) is 3.01. The molecule has 0 aromatic carbocycles. The molecule has 0 bridgehead atoms. The van der Waals surface area contributed by atoms with Gasteiger partial charge in [-0.05, 0) is 30.9 Å². The van der Waals surface area contributed by atoms with E-state index >= 15 is 0 Å². The Morgan fingerprint density at radius 3 is 2.64 bits per heavy atom. The topological polar surface area (TPSA) is 113 Å². The minimum atomic E-state index is -0.541. The SMILES string of the molecule is CC(=O)NCc1ccc(-c2csc(NC(=O)C(NC(C)=O)C3CCCC3)n2)o1. The minimum absolute atomic E-state index is 0.132. The van der Waals surface area contributed by atoms with Gasteiger partial charge in [-0.2, -0.15) is 0 Å². The molecule has 3 amide bonds. The van der Waals surface area contributed by atoms with Gasteiger partial charge in [0.2, 0.25) is 17.7 Å². The van der Waals surface area contributed by atoms with Crippen molar-refractivity contribution >= 4 is 34.2 Å². The first-order valence-electron chi connectivity index (χ1n) is 9.29. The van der Waals surface area contributed by atoms with Crippen molar-refractivity contribution in [2.75, 3.05) is 5.32 Å². The summed E-state index contributed by atoms with van der Waals surface area (Å²) in [4.78, 5) is 39.6. The van der Waals surface area contributed by atoms with Gasteiger partial charge in [-0.25, -0.2) is 4.98 Å². The molecule has 1 saturated carbocycles. The van der Waals surface area contributed by atoms with Crippen LogP contribution in [0.4, 0.5) is 5.13 Å². The molecule has 28 heavy (non-hydrogen) atoms. The van der Waals surface area contributed by atoms with E-state index in [2.05, 4.69) is 20.9 Å². The lowest BCUT2D eigenvalue weighted by Crippen LogP contribution is -2.47. The number of carbonyl (C=O) groups is 3. The lowest BCUT2D eigenvalue weighted by atomic mass is 9.97. The molecule has 1 fully saturated rings. The van der Waals surface area contributed by atoms with Crippen molar-refractivity contribution in [3.63, 3.8) is 0 Å². The van der Waals surface area contributed by atoms with Gasteiger partial charge in [0.25, 0.3) is 0 Å². The van der Waals surface area contributed by atoms with Gasteiger partial charge in [-0.3, -0.25) is 14.4 Å². The molecular weight excluding hydrogens is 380 g/mol. The van der Waals surface area contributed by atoms with E-state index in [1.54, 1.807) is 17.5 Å². The number of nitrogens with one attached hydrogen (secondary N) is 3. The summed E-state index contributed by atoms with van der Waals surface area (Å²) < 4.78 is 5.68. The highest BCUT2D eigenvalue weighted by atomic mass is 32.1. The van der Waals surface area contributed by atoms with Crippen LogP contribution in [0.25, 0.3) is 11.5 Å². The monoisotopic (exact) mass is 404 g/mol. The first-order valence-corrected chi connectivity index (χ1v) is 10.2. The molecule has 1 aliphatic carbocycles. The normalized spacial score (nSPS) is 15.2. The maximum absolute atomic E-state index is 12.7. The molecule has 3 N–H and O–H groups in total. The molecule has 0 aliphatic heterocycles. The molecule has 0 saturated heterocycles. The van der Waals surface area contributed by atoms with E-state index in [9.17, 15) is 14.4 Å². The Balaban J connectivity index is 1.65. The highest BCUT2D eigenvalue weighted by molar-refractivity contribution is 7.14. The van der Waals surface area contributed by atoms with Crippen LogP contribution in [0.1, 0.15) is 45.3 Å². The van der Waals surface area contributed by atoms with Gasteiger partial charge in [-0.1, -0.05) is 12.8 Å². The Morgan fingerprint density at radius 1 is 1.21 bits per heavy atom. The highest BCUT2D eigenvalue weighted by Gasteiger charge is 2.31. The van der Waals surface area contributed by atoms with Gasteiger partial charge in [0.1, 0.15) is 17.5 Å². The quantitative estimate of drug-likeness (QED) is 0.657. The molecule has 2 aromatic rings. The van der Waals surface area contributed by atoms with E-state index in [4.69, 9.17) is 4.42 Å². The number of furan rings is 1. The van der Waals surface area contributed by atoms with Crippen LogP contribution in [0.2, 0.25) is 0 Å². The maximum Gasteiger partial charge on any atom is 0.249 e. The maximum atomic E-state index is 12.7.